The molecule has 0 amide bonds. The maximum atomic E-state index is 10.8. The Hall–Kier alpha value is -2.54. The van der Waals surface area contributed by atoms with Crippen molar-refractivity contribution in [2.75, 3.05) is 26.7 Å². The SMILES string of the molecule is CN(CCc1ccccn1)[C@@H]1CCN(Cc2cccn2-c2cccnc2)C[C@H]1O. The molecule has 1 saturated heterocycles. The lowest BCUT2D eigenvalue weighted by molar-refractivity contribution is -0.00665. The molecule has 152 valence electrons. The van der Waals surface area contributed by atoms with Gasteiger partial charge in [-0.2, -0.15) is 0 Å². The third-order valence-electron chi connectivity index (χ3n) is 5.79. The molecule has 29 heavy (non-hydrogen) atoms. The lowest BCUT2D eigenvalue weighted by Gasteiger charge is -2.40. The Labute approximate surface area is 172 Å². The first-order valence-electron chi connectivity index (χ1n) is 10.3. The van der Waals surface area contributed by atoms with Crippen LogP contribution in [0.25, 0.3) is 5.69 Å². The van der Waals surface area contributed by atoms with Gasteiger partial charge in [0.25, 0.3) is 0 Å². The van der Waals surface area contributed by atoms with Gasteiger partial charge in [0.15, 0.2) is 0 Å². The van der Waals surface area contributed by atoms with E-state index in [1.165, 1.54) is 5.69 Å². The quantitative estimate of drug-likeness (QED) is 0.670. The summed E-state index contributed by atoms with van der Waals surface area (Å²) in [5, 5.41) is 10.8. The van der Waals surface area contributed by atoms with Crippen LogP contribution in [0.2, 0.25) is 0 Å². The number of β-amino-alcohol motifs (C(OH)–C–C–N with tert-alkyl or cyclic N) is 1. The number of aliphatic hydroxyl groups is 1. The molecule has 6 heteroatoms. The van der Waals surface area contributed by atoms with E-state index in [1.807, 2.05) is 30.6 Å². The van der Waals surface area contributed by atoms with Gasteiger partial charge in [0, 0.05) is 68.6 Å². The molecule has 0 spiro atoms. The summed E-state index contributed by atoms with van der Waals surface area (Å²) in [5.74, 6) is 0. The molecule has 1 aliphatic heterocycles. The highest BCUT2D eigenvalue weighted by Gasteiger charge is 2.30. The van der Waals surface area contributed by atoms with E-state index in [0.29, 0.717) is 6.54 Å². The van der Waals surface area contributed by atoms with E-state index < -0.39 is 0 Å². The average molecular weight is 392 g/mol. The molecule has 0 unspecified atom stereocenters. The van der Waals surface area contributed by atoms with E-state index in [1.54, 1.807) is 6.20 Å². The highest BCUT2D eigenvalue weighted by atomic mass is 16.3. The van der Waals surface area contributed by atoms with Gasteiger partial charge in [0.1, 0.15) is 0 Å². The highest BCUT2D eigenvalue weighted by molar-refractivity contribution is 5.32. The predicted molar refractivity (Wildman–Crippen MR) is 114 cm³/mol. The number of hydrogen-bond donors (Lipinski definition) is 1. The maximum absolute atomic E-state index is 10.8. The van der Waals surface area contributed by atoms with Crippen molar-refractivity contribution in [1.82, 2.24) is 24.3 Å². The van der Waals surface area contributed by atoms with Gasteiger partial charge in [-0.05, 0) is 49.9 Å². The van der Waals surface area contributed by atoms with Gasteiger partial charge in [0.05, 0.1) is 18.0 Å². The summed E-state index contributed by atoms with van der Waals surface area (Å²) in [4.78, 5) is 13.3. The molecule has 2 atom stereocenters. The number of aliphatic hydroxyl groups excluding tert-OH is 1. The predicted octanol–water partition coefficient (Wildman–Crippen LogP) is 2.38. The summed E-state index contributed by atoms with van der Waals surface area (Å²) in [6.07, 6.45) is 9.10. The van der Waals surface area contributed by atoms with Crippen LogP contribution in [0.5, 0.6) is 0 Å². The summed E-state index contributed by atoms with van der Waals surface area (Å²) in [6.45, 7) is 3.40. The molecular weight excluding hydrogens is 362 g/mol. The fourth-order valence-electron chi connectivity index (χ4n) is 4.17. The molecule has 0 aromatic carbocycles. The fraction of sp³-hybridized carbons (Fsp3) is 0.391. The topological polar surface area (TPSA) is 57.4 Å². The van der Waals surface area contributed by atoms with E-state index in [-0.39, 0.29) is 12.1 Å². The molecule has 4 heterocycles. The van der Waals surface area contributed by atoms with Crippen LogP contribution >= 0.6 is 0 Å². The van der Waals surface area contributed by atoms with E-state index >= 15 is 0 Å². The van der Waals surface area contributed by atoms with Crippen LogP contribution in [0.1, 0.15) is 17.8 Å². The second-order valence-corrected chi connectivity index (χ2v) is 7.79. The second kappa shape index (κ2) is 9.31. The maximum Gasteiger partial charge on any atom is 0.0822 e. The van der Waals surface area contributed by atoms with Crippen molar-refractivity contribution < 1.29 is 5.11 Å². The standard InChI is InChI=1S/C23H29N5O/c1-26(14-9-19-6-2-3-12-25-19)22-10-15-27(18-23(22)29)17-21-8-5-13-28(21)20-7-4-11-24-16-20/h2-8,11-13,16,22-23,29H,9-10,14-15,17-18H2,1H3/t22-,23-/m1/s1. The summed E-state index contributed by atoms with van der Waals surface area (Å²) in [7, 11) is 2.11. The molecule has 1 aliphatic rings. The number of rotatable bonds is 7. The Morgan fingerprint density at radius 2 is 2.07 bits per heavy atom. The zero-order valence-electron chi connectivity index (χ0n) is 16.9. The molecular formula is C23H29N5O. The van der Waals surface area contributed by atoms with E-state index in [4.69, 9.17) is 0 Å². The molecule has 1 N–H and O–H groups in total. The van der Waals surface area contributed by atoms with Gasteiger partial charge in [0.2, 0.25) is 0 Å². The lowest BCUT2D eigenvalue weighted by atomic mass is 10.00. The third-order valence-corrected chi connectivity index (χ3v) is 5.79. The Kier molecular flexibility index (Phi) is 6.34. The molecule has 1 fully saturated rings. The van der Waals surface area contributed by atoms with Crippen molar-refractivity contribution in [2.24, 2.45) is 0 Å². The number of pyridine rings is 2. The number of hydrogen-bond acceptors (Lipinski definition) is 5. The van der Waals surface area contributed by atoms with Crippen molar-refractivity contribution in [1.29, 1.82) is 0 Å². The second-order valence-electron chi connectivity index (χ2n) is 7.79. The van der Waals surface area contributed by atoms with Crippen LogP contribution in [-0.4, -0.2) is 68.3 Å². The number of piperidine rings is 1. The van der Waals surface area contributed by atoms with Crippen molar-refractivity contribution in [3.63, 3.8) is 0 Å². The molecule has 0 bridgehead atoms. The van der Waals surface area contributed by atoms with Gasteiger partial charge in [-0.1, -0.05) is 6.07 Å². The third kappa shape index (κ3) is 4.90. The number of likely N-dealkylation sites (N-methyl/N-ethyl adjacent to an activating group) is 1. The minimum Gasteiger partial charge on any atom is -0.390 e. The molecule has 0 aliphatic carbocycles. The largest absolute Gasteiger partial charge is 0.390 e. The van der Waals surface area contributed by atoms with E-state index in [9.17, 15) is 5.11 Å². The minimum atomic E-state index is -0.348. The van der Waals surface area contributed by atoms with Crippen LogP contribution in [-0.2, 0) is 13.0 Å². The zero-order chi connectivity index (χ0) is 20.1. The molecule has 3 aromatic heterocycles. The number of likely N-dealkylation sites (tertiary alicyclic amines) is 1. The Balaban J connectivity index is 1.32. The first kappa shape index (κ1) is 19.8. The van der Waals surface area contributed by atoms with Crippen LogP contribution in [0.3, 0.4) is 0 Å². The molecule has 4 rings (SSSR count). The number of nitrogens with zero attached hydrogens (tertiary/aromatic N) is 5. The van der Waals surface area contributed by atoms with Crippen molar-refractivity contribution in [3.05, 3.63) is 78.6 Å². The first-order valence-corrected chi connectivity index (χ1v) is 10.3. The van der Waals surface area contributed by atoms with E-state index in [0.717, 1.165) is 43.9 Å². The molecule has 0 radical (unpaired) electrons. The first-order chi connectivity index (χ1) is 14.2. The summed E-state index contributed by atoms with van der Waals surface area (Å²) < 4.78 is 2.17. The minimum absolute atomic E-state index is 0.195. The zero-order valence-corrected chi connectivity index (χ0v) is 16.9. The smallest absolute Gasteiger partial charge is 0.0822 e. The van der Waals surface area contributed by atoms with Crippen LogP contribution in [0.4, 0.5) is 0 Å². The Bertz CT molecular complexity index is 883. The molecule has 6 nitrogen and oxygen atoms in total. The molecule has 0 saturated carbocycles. The highest BCUT2D eigenvalue weighted by Crippen LogP contribution is 2.20. The van der Waals surface area contributed by atoms with Gasteiger partial charge in [-0.15, -0.1) is 0 Å². The van der Waals surface area contributed by atoms with Crippen molar-refractivity contribution in [3.8, 4) is 5.69 Å². The summed E-state index contributed by atoms with van der Waals surface area (Å²) in [5.41, 5.74) is 3.38. The lowest BCUT2D eigenvalue weighted by Crippen LogP contribution is -2.53. The van der Waals surface area contributed by atoms with Crippen LogP contribution < -0.4 is 0 Å². The van der Waals surface area contributed by atoms with Gasteiger partial charge < -0.3 is 14.6 Å². The van der Waals surface area contributed by atoms with Crippen molar-refractivity contribution >= 4 is 0 Å². The molecule has 3 aromatic rings. The van der Waals surface area contributed by atoms with Gasteiger partial charge in [-0.3, -0.25) is 14.9 Å². The monoisotopic (exact) mass is 391 g/mol. The fourth-order valence-corrected chi connectivity index (χ4v) is 4.17. The van der Waals surface area contributed by atoms with Gasteiger partial charge >= 0.3 is 0 Å². The normalized spacial score (nSPS) is 20.2. The van der Waals surface area contributed by atoms with Gasteiger partial charge in [-0.25, -0.2) is 0 Å². The van der Waals surface area contributed by atoms with Crippen LogP contribution in [0, 0.1) is 0 Å². The average Bonchev–Trinajstić information content (AvgIpc) is 3.21. The van der Waals surface area contributed by atoms with Crippen LogP contribution in [0.15, 0.2) is 67.3 Å². The summed E-state index contributed by atoms with van der Waals surface area (Å²) >= 11 is 0. The van der Waals surface area contributed by atoms with E-state index in [2.05, 4.69) is 61.8 Å². The van der Waals surface area contributed by atoms with Crippen molar-refractivity contribution in [2.45, 2.75) is 31.5 Å². The Morgan fingerprint density at radius 3 is 2.83 bits per heavy atom. The Morgan fingerprint density at radius 1 is 1.14 bits per heavy atom. The number of aromatic nitrogens is 3. The summed E-state index contributed by atoms with van der Waals surface area (Å²) in [6, 6.07) is 14.4.